The molecule has 0 spiro atoms. The lowest BCUT2D eigenvalue weighted by Crippen LogP contribution is -2.17. The van der Waals surface area contributed by atoms with Crippen molar-refractivity contribution in [2.45, 2.75) is 18.9 Å². The van der Waals surface area contributed by atoms with Gasteiger partial charge in [-0.3, -0.25) is 4.98 Å². The van der Waals surface area contributed by atoms with Crippen LogP contribution in [0.5, 0.6) is 5.75 Å². The van der Waals surface area contributed by atoms with Gasteiger partial charge in [0.1, 0.15) is 5.75 Å². The molecule has 0 aliphatic heterocycles. The minimum absolute atomic E-state index is 0.0835. The van der Waals surface area contributed by atoms with E-state index in [1.54, 1.807) is 24.6 Å². The first-order valence-corrected chi connectivity index (χ1v) is 6.40. The number of ether oxygens (including phenoxy) is 1. The molecule has 2 rings (SSSR count). The van der Waals surface area contributed by atoms with Crippen molar-refractivity contribution in [3.63, 3.8) is 0 Å². The van der Waals surface area contributed by atoms with Gasteiger partial charge < -0.3 is 10.5 Å². The van der Waals surface area contributed by atoms with Gasteiger partial charge in [0.2, 0.25) is 0 Å². The molecular weight excluding hydrogens is 232 g/mol. The summed E-state index contributed by atoms with van der Waals surface area (Å²) in [6, 6.07) is 7.76. The summed E-state index contributed by atoms with van der Waals surface area (Å²) < 4.78 is 5.30. The van der Waals surface area contributed by atoms with E-state index in [-0.39, 0.29) is 12.0 Å². The monoisotopic (exact) mass is 248 g/mol. The third-order valence-electron chi connectivity index (χ3n) is 2.87. The molecule has 0 saturated carbocycles. The third kappa shape index (κ3) is 2.48. The molecular formula is C13H16N2OS. The highest BCUT2D eigenvalue weighted by molar-refractivity contribution is 7.10. The maximum Gasteiger partial charge on any atom is 0.134 e. The number of hydrogen-bond donors (Lipinski definition) is 1. The average Bonchev–Trinajstić information content (AvgIpc) is 2.86. The molecule has 0 fully saturated rings. The van der Waals surface area contributed by atoms with Crippen LogP contribution in [0, 0.1) is 0 Å². The Balaban J connectivity index is 2.23. The highest BCUT2D eigenvalue weighted by Crippen LogP contribution is 2.36. The van der Waals surface area contributed by atoms with Crippen LogP contribution in [0.1, 0.15) is 29.5 Å². The fraction of sp³-hybridized carbons (Fsp3) is 0.308. The average molecular weight is 248 g/mol. The summed E-state index contributed by atoms with van der Waals surface area (Å²) in [6.45, 7) is 2.09. The number of hydrogen-bond acceptors (Lipinski definition) is 4. The predicted octanol–water partition coefficient (Wildman–Crippen LogP) is 2.96. The number of nitrogens with two attached hydrogens (primary N) is 1. The molecule has 3 nitrogen and oxygen atoms in total. The van der Waals surface area contributed by atoms with Crippen molar-refractivity contribution < 1.29 is 4.74 Å². The minimum atomic E-state index is -0.0835. The van der Waals surface area contributed by atoms with E-state index in [4.69, 9.17) is 10.5 Å². The summed E-state index contributed by atoms with van der Waals surface area (Å²) in [7, 11) is 1.67. The van der Waals surface area contributed by atoms with Gasteiger partial charge >= 0.3 is 0 Å². The van der Waals surface area contributed by atoms with Gasteiger partial charge in [-0.15, -0.1) is 11.3 Å². The quantitative estimate of drug-likeness (QED) is 0.905. The van der Waals surface area contributed by atoms with E-state index in [9.17, 15) is 0 Å². The normalized spacial score (nSPS) is 14.3. The van der Waals surface area contributed by atoms with E-state index < -0.39 is 0 Å². The Labute approximate surface area is 105 Å². The van der Waals surface area contributed by atoms with Gasteiger partial charge in [0.25, 0.3) is 0 Å². The Bertz CT molecular complexity index is 469. The first-order chi connectivity index (χ1) is 8.24. The zero-order valence-electron chi connectivity index (χ0n) is 9.96. The van der Waals surface area contributed by atoms with Crippen molar-refractivity contribution in [3.8, 4) is 5.75 Å². The smallest absolute Gasteiger partial charge is 0.134 e. The maximum atomic E-state index is 6.28. The summed E-state index contributed by atoms with van der Waals surface area (Å²) in [5.41, 5.74) is 7.29. The highest BCUT2D eigenvalue weighted by Gasteiger charge is 2.21. The summed E-state index contributed by atoms with van der Waals surface area (Å²) >= 11 is 1.63. The van der Waals surface area contributed by atoms with E-state index in [0.29, 0.717) is 0 Å². The molecule has 0 saturated heterocycles. The summed E-state index contributed by atoms with van der Waals surface area (Å²) in [4.78, 5) is 5.42. The molecule has 2 aromatic rings. The second-order valence-corrected chi connectivity index (χ2v) is 4.87. The van der Waals surface area contributed by atoms with Crippen molar-refractivity contribution in [2.75, 3.05) is 7.11 Å². The number of thiophene rings is 1. The Hall–Kier alpha value is -1.39. The van der Waals surface area contributed by atoms with Crippen molar-refractivity contribution in [1.82, 2.24) is 4.98 Å². The first kappa shape index (κ1) is 12.1. The fourth-order valence-electron chi connectivity index (χ4n) is 1.78. The number of rotatable bonds is 4. The topological polar surface area (TPSA) is 48.1 Å². The van der Waals surface area contributed by atoms with Crippen LogP contribution in [-0.4, -0.2) is 12.1 Å². The largest absolute Gasteiger partial charge is 0.496 e. The van der Waals surface area contributed by atoms with Gasteiger partial charge in [-0.05, 0) is 23.6 Å². The summed E-state index contributed by atoms with van der Waals surface area (Å²) in [5, 5.41) is 2.00. The standard InChI is InChI=1S/C13H16N2OS/c1-9(10-5-3-4-7-15-10)12(14)13-11(16-2)6-8-17-13/h3-9,12H,14H2,1-2H3. The molecule has 0 aromatic carbocycles. The third-order valence-corrected chi connectivity index (χ3v) is 3.87. The summed E-state index contributed by atoms with van der Waals surface area (Å²) in [6.07, 6.45) is 1.80. The molecule has 0 aliphatic rings. The Morgan fingerprint density at radius 3 is 2.82 bits per heavy atom. The van der Waals surface area contributed by atoms with Gasteiger partial charge in [-0.25, -0.2) is 0 Å². The Morgan fingerprint density at radius 1 is 1.35 bits per heavy atom. The van der Waals surface area contributed by atoms with E-state index in [1.165, 1.54) is 0 Å². The molecule has 0 amide bonds. The molecule has 17 heavy (non-hydrogen) atoms. The number of nitrogens with zero attached hydrogens (tertiary/aromatic N) is 1. The number of pyridine rings is 1. The van der Waals surface area contributed by atoms with Gasteiger partial charge in [0.15, 0.2) is 0 Å². The molecule has 2 N–H and O–H groups in total. The molecule has 0 radical (unpaired) electrons. The molecule has 2 atom stereocenters. The van der Waals surface area contributed by atoms with Crippen LogP contribution < -0.4 is 10.5 Å². The number of methoxy groups -OCH3 is 1. The van der Waals surface area contributed by atoms with Crippen LogP contribution in [0.2, 0.25) is 0 Å². The van der Waals surface area contributed by atoms with Crippen molar-refractivity contribution >= 4 is 11.3 Å². The van der Waals surface area contributed by atoms with Gasteiger partial charge in [-0.1, -0.05) is 13.0 Å². The first-order valence-electron chi connectivity index (χ1n) is 5.52. The lowest BCUT2D eigenvalue weighted by molar-refractivity contribution is 0.405. The van der Waals surface area contributed by atoms with E-state index in [1.807, 2.05) is 29.6 Å². The van der Waals surface area contributed by atoms with E-state index >= 15 is 0 Å². The maximum absolute atomic E-state index is 6.28. The molecule has 2 aromatic heterocycles. The van der Waals surface area contributed by atoms with Crippen molar-refractivity contribution in [1.29, 1.82) is 0 Å². The Morgan fingerprint density at radius 2 is 2.18 bits per heavy atom. The molecule has 4 heteroatoms. The lowest BCUT2D eigenvalue weighted by atomic mass is 9.97. The van der Waals surface area contributed by atoms with E-state index in [2.05, 4.69) is 11.9 Å². The Kier molecular flexibility index (Phi) is 3.76. The zero-order chi connectivity index (χ0) is 12.3. The van der Waals surface area contributed by atoms with E-state index in [0.717, 1.165) is 16.3 Å². The molecule has 0 bridgehead atoms. The molecule has 0 aliphatic carbocycles. The zero-order valence-corrected chi connectivity index (χ0v) is 10.8. The van der Waals surface area contributed by atoms with Crippen LogP contribution in [-0.2, 0) is 0 Å². The number of aromatic nitrogens is 1. The molecule has 2 unspecified atom stereocenters. The second kappa shape index (κ2) is 5.29. The van der Waals surface area contributed by atoms with Crippen molar-refractivity contribution in [3.05, 3.63) is 46.4 Å². The van der Waals surface area contributed by atoms with Crippen LogP contribution in [0.4, 0.5) is 0 Å². The molecule has 90 valence electrons. The second-order valence-electron chi connectivity index (χ2n) is 3.92. The van der Waals surface area contributed by atoms with Gasteiger partial charge in [0.05, 0.1) is 18.0 Å². The minimum Gasteiger partial charge on any atom is -0.496 e. The van der Waals surface area contributed by atoms with Gasteiger partial charge in [-0.2, -0.15) is 0 Å². The lowest BCUT2D eigenvalue weighted by Gasteiger charge is -2.19. The van der Waals surface area contributed by atoms with Crippen LogP contribution >= 0.6 is 11.3 Å². The SMILES string of the molecule is COc1ccsc1C(N)C(C)c1ccccn1. The predicted molar refractivity (Wildman–Crippen MR) is 70.5 cm³/mol. The van der Waals surface area contributed by atoms with Crippen LogP contribution in [0.15, 0.2) is 35.8 Å². The van der Waals surface area contributed by atoms with Crippen LogP contribution in [0.3, 0.4) is 0 Å². The van der Waals surface area contributed by atoms with Crippen molar-refractivity contribution in [2.24, 2.45) is 5.73 Å². The fourth-order valence-corrected chi connectivity index (χ4v) is 2.74. The molecule has 2 heterocycles. The van der Waals surface area contributed by atoms with Crippen LogP contribution in [0.25, 0.3) is 0 Å². The summed E-state index contributed by atoms with van der Waals surface area (Å²) in [5.74, 6) is 1.04. The van der Waals surface area contributed by atoms with Gasteiger partial charge in [0, 0.05) is 17.8 Å². The highest BCUT2D eigenvalue weighted by atomic mass is 32.1.